The smallest absolute Gasteiger partial charge is 0.228 e. The minimum Gasteiger partial charge on any atom is -0.494 e. The maximum absolute atomic E-state index is 11.5. The van der Waals surface area contributed by atoms with Crippen molar-refractivity contribution in [2.24, 2.45) is 0 Å². The third-order valence-corrected chi connectivity index (χ3v) is 3.64. The van der Waals surface area contributed by atoms with Gasteiger partial charge in [0, 0.05) is 17.4 Å². The van der Waals surface area contributed by atoms with Crippen molar-refractivity contribution in [1.29, 1.82) is 0 Å². The summed E-state index contributed by atoms with van der Waals surface area (Å²) < 4.78 is 5.42. The molecule has 1 N–H and O–H groups in total. The summed E-state index contributed by atoms with van der Waals surface area (Å²) >= 11 is 0. The number of nitrogens with zero attached hydrogens (tertiary/aromatic N) is 1. The van der Waals surface area contributed by atoms with Crippen molar-refractivity contribution in [3.05, 3.63) is 41.2 Å². The number of nitrogens with one attached hydrogen (secondary N) is 1. The van der Waals surface area contributed by atoms with E-state index in [9.17, 15) is 4.79 Å². The van der Waals surface area contributed by atoms with E-state index in [1.165, 1.54) is 0 Å². The molecule has 20 heavy (non-hydrogen) atoms. The van der Waals surface area contributed by atoms with Gasteiger partial charge in [0.2, 0.25) is 5.91 Å². The van der Waals surface area contributed by atoms with Gasteiger partial charge in [-0.15, -0.1) is 0 Å². The van der Waals surface area contributed by atoms with Gasteiger partial charge in [-0.1, -0.05) is 0 Å². The lowest BCUT2D eigenvalue weighted by molar-refractivity contribution is -0.115. The highest BCUT2D eigenvalue weighted by molar-refractivity contribution is 6.01. The fraction of sp³-hybridized carbons (Fsp3) is 0.250. The summed E-state index contributed by atoms with van der Waals surface area (Å²) in [5.74, 6) is 0.806. The van der Waals surface area contributed by atoms with Crippen molar-refractivity contribution < 1.29 is 9.53 Å². The predicted octanol–water partition coefficient (Wildman–Crippen LogP) is 2.87. The number of hydrogen-bond donors (Lipinski definition) is 1. The van der Waals surface area contributed by atoms with Gasteiger partial charge in [0.25, 0.3) is 0 Å². The number of aryl methyl sites for hydroxylation is 2. The lowest BCUT2D eigenvalue weighted by Crippen LogP contribution is -2.04. The van der Waals surface area contributed by atoms with Gasteiger partial charge in [-0.2, -0.15) is 0 Å². The normalized spacial score (nSPS) is 13.1. The number of aromatic nitrogens is 1. The molecule has 0 aliphatic carbocycles. The van der Waals surface area contributed by atoms with E-state index < -0.39 is 0 Å². The van der Waals surface area contributed by atoms with Gasteiger partial charge >= 0.3 is 0 Å². The molecule has 0 saturated carbocycles. The van der Waals surface area contributed by atoms with Gasteiger partial charge in [-0.05, 0) is 48.2 Å². The number of rotatable bonds is 2. The van der Waals surface area contributed by atoms with E-state index >= 15 is 0 Å². The van der Waals surface area contributed by atoms with E-state index in [-0.39, 0.29) is 5.91 Å². The first-order valence-electron chi connectivity index (χ1n) is 6.52. The standard InChI is InChI=1S/C16H16N2O2/c1-9-4-11(5-12-6-14(19)18-16(9)12)15-10(2)7-17-8-13(15)20-3/h4-5,7-8H,6H2,1-3H3,(H,18,19). The van der Waals surface area contributed by atoms with Crippen LogP contribution in [0.2, 0.25) is 0 Å². The molecule has 3 rings (SSSR count). The van der Waals surface area contributed by atoms with Gasteiger partial charge in [0.05, 0.1) is 19.7 Å². The number of carbonyl (C=O) groups excluding carboxylic acids is 1. The molecule has 1 aromatic heterocycles. The molecule has 2 aromatic rings. The van der Waals surface area contributed by atoms with E-state index in [2.05, 4.69) is 22.4 Å². The Hall–Kier alpha value is -2.36. The number of carbonyl (C=O) groups is 1. The molecule has 2 heterocycles. The molecule has 0 fully saturated rings. The summed E-state index contributed by atoms with van der Waals surface area (Å²) in [5.41, 5.74) is 6.22. The van der Waals surface area contributed by atoms with Crippen LogP contribution in [-0.2, 0) is 11.2 Å². The number of amides is 1. The molecule has 0 bridgehead atoms. The highest BCUT2D eigenvalue weighted by Crippen LogP contribution is 2.37. The van der Waals surface area contributed by atoms with Gasteiger partial charge in [-0.25, -0.2) is 0 Å². The zero-order chi connectivity index (χ0) is 14.3. The Morgan fingerprint density at radius 2 is 2.00 bits per heavy atom. The molecular formula is C16H16N2O2. The van der Waals surface area contributed by atoms with Crippen LogP contribution >= 0.6 is 0 Å². The number of ether oxygens (including phenoxy) is 1. The van der Waals surface area contributed by atoms with Crippen LogP contribution in [0.15, 0.2) is 24.5 Å². The number of fused-ring (bicyclic) bond motifs is 1. The number of methoxy groups -OCH3 is 1. The Labute approximate surface area is 117 Å². The Balaban J connectivity index is 2.20. The lowest BCUT2D eigenvalue weighted by atomic mass is 9.96. The fourth-order valence-corrected chi connectivity index (χ4v) is 2.74. The van der Waals surface area contributed by atoms with Crippen LogP contribution in [0.5, 0.6) is 5.75 Å². The average Bonchev–Trinajstić information content (AvgIpc) is 2.79. The van der Waals surface area contributed by atoms with Crippen LogP contribution in [-0.4, -0.2) is 18.0 Å². The van der Waals surface area contributed by atoms with Crippen molar-refractivity contribution >= 4 is 11.6 Å². The monoisotopic (exact) mass is 268 g/mol. The van der Waals surface area contributed by atoms with E-state index in [4.69, 9.17) is 4.74 Å². The fourth-order valence-electron chi connectivity index (χ4n) is 2.74. The van der Waals surface area contributed by atoms with Crippen LogP contribution in [0.4, 0.5) is 5.69 Å². The summed E-state index contributed by atoms with van der Waals surface area (Å²) in [6.07, 6.45) is 3.98. The van der Waals surface area contributed by atoms with E-state index in [0.717, 1.165) is 39.3 Å². The van der Waals surface area contributed by atoms with Crippen molar-refractivity contribution in [2.45, 2.75) is 20.3 Å². The maximum Gasteiger partial charge on any atom is 0.228 e. The molecule has 0 unspecified atom stereocenters. The third kappa shape index (κ3) is 1.93. The van der Waals surface area contributed by atoms with Crippen LogP contribution in [0, 0.1) is 13.8 Å². The Kier molecular flexibility index (Phi) is 2.93. The van der Waals surface area contributed by atoms with Gasteiger partial charge < -0.3 is 10.1 Å². The summed E-state index contributed by atoms with van der Waals surface area (Å²) in [5, 5.41) is 2.91. The number of pyridine rings is 1. The first-order chi connectivity index (χ1) is 9.60. The number of hydrogen-bond acceptors (Lipinski definition) is 3. The van der Waals surface area contributed by atoms with Crippen molar-refractivity contribution in [3.63, 3.8) is 0 Å². The predicted molar refractivity (Wildman–Crippen MR) is 78.0 cm³/mol. The molecule has 1 amide bonds. The second-order valence-corrected chi connectivity index (χ2v) is 5.09. The topological polar surface area (TPSA) is 51.2 Å². The minimum atomic E-state index is 0.0543. The SMILES string of the molecule is COc1cncc(C)c1-c1cc(C)c2c(c1)CC(=O)N2. The molecule has 1 aromatic carbocycles. The van der Waals surface area contributed by atoms with E-state index in [0.29, 0.717) is 6.42 Å². The first-order valence-corrected chi connectivity index (χ1v) is 6.52. The van der Waals surface area contributed by atoms with Crippen molar-refractivity contribution in [3.8, 4) is 16.9 Å². The summed E-state index contributed by atoms with van der Waals surface area (Å²) in [4.78, 5) is 15.7. The molecule has 0 radical (unpaired) electrons. The van der Waals surface area contributed by atoms with Crippen LogP contribution < -0.4 is 10.1 Å². The van der Waals surface area contributed by atoms with Crippen LogP contribution in [0.1, 0.15) is 16.7 Å². The molecule has 1 aliphatic heterocycles. The Morgan fingerprint density at radius 3 is 2.75 bits per heavy atom. The van der Waals surface area contributed by atoms with Gasteiger partial charge in [0.1, 0.15) is 5.75 Å². The van der Waals surface area contributed by atoms with Gasteiger partial charge in [-0.3, -0.25) is 9.78 Å². The summed E-state index contributed by atoms with van der Waals surface area (Å²) in [6, 6.07) is 4.14. The molecular weight excluding hydrogens is 252 g/mol. The molecule has 0 saturated heterocycles. The zero-order valence-corrected chi connectivity index (χ0v) is 11.8. The second-order valence-electron chi connectivity index (χ2n) is 5.09. The number of anilines is 1. The molecule has 4 heteroatoms. The van der Waals surface area contributed by atoms with Crippen LogP contribution in [0.25, 0.3) is 11.1 Å². The summed E-state index contributed by atoms with van der Waals surface area (Å²) in [6.45, 7) is 4.02. The molecule has 0 spiro atoms. The summed E-state index contributed by atoms with van der Waals surface area (Å²) in [7, 11) is 1.64. The third-order valence-electron chi connectivity index (χ3n) is 3.64. The van der Waals surface area contributed by atoms with Crippen molar-refractivity contribution in [1.82, 2.24) is 4.98 Å². The minimum absolute atomic E-state index is 0.0543. The molecule has 102 valence electrons. The highest BCUT2D eigenvalue weighted by atomic mass is 16.5. The van der Waals surface area contributed by atoms with Crippen LogP contribution in [0.3, 0.4) is 0 Å². The van der Waals surface area contributed by atoms with Crippen molar-refractivity contribution in [2.75, 3.05) is 12.4 Å². The van der Waals surface area contributed by atoms with E-state index in [1.807, 2.05) is 20.0 Å². The molecule has 1 aliphatic rings. The van der Waals surface area contributed by atoms with E-state index in [1.54, 1.807) is 13.3 Å². The Bertz CT molecular complexity index is 708. The molecule has 4 nitrogen and oxygen atoms in total. The second kappa shape index (κ2) is 4.63. The zero-order valence-electron chi connectivity index (χ0n) is 11.8. The molecule has 0 atom stereocenters. The maximum atomic E-state index is 11.5. The largest absolute Gasteiger partial charge is 0.494 e. The quantitative estimate of drug-likeness (QED) is 0.911. The Morgan fingerprint density at radius 1 is 1.20 bits per heavy atom. The van der Waals surface area contributed by atoms with Gasteiger partial charge in [0.15, 0.2) is 0 Å². The number of benzene rings is 1. The lowest BCUT2D eigenvalue weighted by Gasteiger charge is -2.13. The first kappa shape index (κ1) is 12.7. The average molecular weight is 268 g/mol. The highest BCUT2D eigenvalue weighted by Gasteiger charge is 2.21.